The topological polar surface area (TPSA) is 89.0 Å². The summed E-state index contributed by atoms with van der Waals surface area (Å²) >= 11 is 0. The van der Waals surface area contributed by atoms with E-state index in [0.717, 1.165) is 17.7 Å². The molecule has 0 radical (unpaired) electrons. The van der Waals surface area contributed by atoms with Gasteiger partial charge in [-0.15, -0.1) is 0 Å². The van der Waals surface area contributed by atoms with Gasteiger partial charge in [0.2, 0.25) is 11.8 Å². The molecule has 2 N–H and O–H groups in total. The van der Waals surface area contributed by atoms with E-state index in [1.54, 1.807) is 32.4 Å². The van der Waals surface area contributed by atoms with Crippen LogP contribution in [0.3, 0.4) is 0 Å². The predicted molar refractivity (Wildman–Crippen MR) is 112 cm³/mol. The van der Waals surface area contributed by atoms with Gasteiger partial charge in [-0.25, -0.2) is 5.43 Å². The summed E-state index contributed by atoms with van der Waals surface area (Å²) in [6, 6.07) is 12.7. The molecular formula is C22H25N3O4. The molecule has 0 aromatic heterocycles. The van der Waals surface area contributed by atoms with Crippen molar-refractivity contribution < 1.29 is 19.1 Å². The van der Waals surface area contributed by atoms with E-state index < -0.39 is 5.92 Å². The fraction of sp³-hybridized carbons (Fsp3) is 0.318. The van der Waals surface area contributed by atoms with E-state index in [0.29, 0.717) is 29.2 Å². The fourth-order valence-electron chi connectivity index (χ4n) is 3.38. The Balaban J connectivity index is 1.98. The molecule has 29 heavy (non-hydrogen) atoms. The van der Waals surface area contributed by atoms with Crippen LogP contribution in [0.2, 0.25) is 0 Å². The number of para-hydroxylation sites is 1. The van der Waals surface area contributed by atoms with Crippen molar-refractivity contribution in [2.24, 2.45) is 5.10 Å². The van der Waals surface area contributed by atoms with Crippen molar-refractivity contribution in [1.29, 1.82) is 0 Å². The Labute approximate surface area is 170 Å². The summed E-state index contributed by atoms with van der Waals surface area (Å²) < 4.78 is 10.9. The molecular weight excluding hydrogens is 370 g/mol. The monoisotopic (exact) mass is 395 g/mol. The van der Waals surface area contributed by atoms with Gasteiger partial charge in [-0.2, -0.15) is 5.10 Å². The molecule has 0 fully saturated rings. The first-order valence-corrected chi connectivity index (χ1v) is 9.55. The molecule has 0 saturated heterocycles. The number of methoxy groups -OCH3 is 2. The van der Waals surface area contributed by atoms with Crippen LogP contribution in [0, 0.1) is 0 Å². The lowest BCUT2D eigenvalue weighted by Crippen LogP contribution is -2.28. The average Bonchev–Trinajstić information content (AvgIpc) is 2.85. The van der Waals surface area contributed by atoms with Gasteiger partial charge in [-0.1, -0.05) is 31.5 Å². The molecule has 1 atom stereocenters. The second-order valence-electron chi connectivity index (χ2n) is 6.75. The van der Waals surface area contributed by atoms with Crippen LogP contribution in [-0.4, -0.2) is 31.7 Å². The van der Waals surface area contributed by atoms with Gasteiger partial charge in [0.05, 0.1) is 25.8 Å². The average molecular weight is 395 g/mol. The van der Waals surface area contributed by atoms with Gasteiger partial charge in [0.25, 0.3) is 0 Å². The summed E-state index contributed by atoms with van der Waals surface area (Å²) in [5.74, 6) is -0.224. The second kappa shape index (κ2) is 9.23. The SMILES string of the molecule is CCCC1=NNC(=O)C(CC(=O)Nc2ccccc2)c2cc(OC)c(OC)cc21. The minimum atomic E-state index is -0.702. The number of carbonyl (C=O) groups is 2. The molecule has 0 spiro atoms. The van der Waals surface area contributed by atoms with Crippen molar-refractivity contribution in [3.63, 3.8) is 0 Å². The van der Waals surface area contributed by atoms with Crippen molar-refractivity contribution in [2.45, 2.75) is 32.1 Å². The molecule has 0 saturated carbocycles. The molecule has 1 heterocycles. The van der Waals surface area contributed by atoms with Gasteiger partial charge in [-0.3, -0.25) is 9.59 Å². The molecule has 1 aliphatic heterocycles. The Bertz CT molecular complexity index is 925. The zero-order valence-corrected chi connectivity index (χ0v) is 16.8. The number of nitrogens with one attached hydrogen (secondary N) is 2. The maximum Gasteiger partial charge on any atom is 0.248 e. The van der Waals surface area contributed by atoms with E-state index in [9.17, 15) is 9.59 Å². The predicted octanol–water partition coefficient (Wildman–Crippen LogP) is 3.45. The van der Waals surface area contributed by atoms with Crippen LogP contribution in [-0.2, 0) is 9.59 Å². The molecule has 7 heteroatoms. The van der Waals surface area contributed by atoms with Gasteiger partial charge < -0.3 is 14.8 Å². The zero-order valence-electron chi connectivity index (χ0n) is 16.8. The highest BCUT2D eigenvalue weighted by Crippen LogP contribution is 2.37. The standard InChI is InChI=1S/C22H25N3O4/c1-4-8-18-16-12-20(29-3)19(28-2)11-15(16)17(22(27)25-24-18)13-21(26)23-14-9-6-5-7-10-14/h5-7,9-12,17H,4,8,13H2,1-3H3,(H,23,26)(H,25,27). The highest BCUT2D eigenvalue weighted by Gasteiger charge is 2.31. The number of hydrogen-bond acceptors (Lipinski definition) is 5. The Hall–Kier alpha value is -3.35. The van der Waals surface area contributed by atoms with Gasteiger partial charge in [0, 0.05) is 17.7 Å². The lowest BCUT2D eigenvalue weighted by Gasteiger charge is -2.19. The molecule has 0 aliphatic carbocycles. The van der Waals surface area contributed by atoms with E-state index in [2.05, 4.69) is 15.8 Å². The number of ether oxygens (including phenoxy) is 2. The molecule has 2 aromatic carbocycles. The van der Waals surface area contributed by atoms with Crippen molar-refractivity contribution in [3.05, 3.63) is 53.6 Å². The first kappa shape index (κ1) is 20.4. The Kier molecular flexibility index (Phi) is 6.49. The van der Waals surface area contributed by atoms with Crippen molar-refractivity contribution >= 4 is 23.2 Å². The fourth-order valence-corrected chi connectivity index (χ4v) is 3.38. The van der Waals surface area contributed by atoms with Crippen LogP contribution in [0.5, 0.6) is 11.5 Å². The van der Waals surface area contributed by atoms with Crippen molar-refractivity contribution in [2.75, 3.05) is 19.5 Å². The Morgan fingerprint density at radius 2 is 1.83 bits per heavy atom. The zero-order chi connectivity index (χ0) is 20.8. The summed E-state index contributed by atoms with van der Waals surface area (Å²) in [5.41, 5.74) is 5.54. The molecule has 1 aliphatic rings. The first-order valence-electron chi connectivity index (χ1n) is 9.55. The number of benzene rings is 2. The summed E-state index contributed by atoms with van der Waals surface area (Å²) in [7, 11) is 3.10. The van der Waals surface area contributed by atoms with E-state index in [1.165, 1.54) is 0 Å². The lowest BCUT2D eigenvalue weighted by molar-refractivity contribution is -0.125. The van der Waals surface area contributed by atoms with Gasteiger partial charge in [-0.05, 0) is 36.2 Å². The van der Waals surface area contributed by atoms with Gasteiger partial charge in [0.15, 0.2) is 11.5 Å². The largest absolute Gasteiger partial charge is 0.493 e. The van der Waals surface area contributed by atoms with Gasteiger partial charge in [0.1, 0.15) is 0 Å². The minimum absolute atomic E-state index is 0.0157. The highest BCUT2D eigenvalue weighted by molar-refractivity contribution is 6.07. The van der Waals surface area contributed by atoms with Crippen LogP contribution in [0.15, 0.2) is 47.6 Å². The van der Waals surface area contributed by atoms with Crippen LogP contribution >= 0.6 is 0 Å². The number of carbonyl (C=O) groups excluding carboxylic acids is 2. The lowest BCUT2D eigenvalue weighted by atomic mass is 9.87. The Morgan fingerprint density at radius 3 is 2.48 bits per heavy atom. The van der Waals surface area contributed by atoms with E-state index in [1.807, 2.05) is 31.2 Å². The quantitative estimate of drug-likeness (QED) is 0.751. The first-order chi connectivity index (χ1) is 14.1. The second-order valence-corrected chi connectivity index (χ2v) is 6.75. The third kappa shape index (κ3) is 4.56. The number of rotatable bonds is 7. The van der Waals surface area contributed by atoms with E-state index in [4.69, 9.17) is 9.47 Å². The maximum atomic E-state index is 12.8. The third-order valence-corrected chi connectivity index (χ3v) is 4.79. The number of amides is 2. The molecule has 0 bridgehead atoms. The van der Waals surface area contributed by atoms with Crippen LogP contribution in [0.4, 0.5) is 5.69 Å². The number of hydrazone groups is 1. The van der Waals surface area contributed by atoms with E-state index in [-0.39, 0.29) is 18.2 Å². The summed E-state index contributed by atoms with van der Waals surface area (Å²) in [5, 5.41) is 7.13. The summed E-state index contributed by atoms with van der Waals surface area (Å²) in [6.07, 6.45) is 1.53. The highest BCUT2D eigenvalue weighted by atomic mass is 16.5. The van der Waals surface area contributed by atoms with Gasteiger partial charge >= 0.3 is 0 Å². The smallest absolute Gasteiger partial charge is 0.248 e. The van der Waals surface area contributed by atoms with Crippen LogP contribution in [0.1, 0.15) is 43.2 Å². The summed E-state index contributed by atoms with van der Waals surface area (Å²) in [4.78, 5) is 25.4. The third-order valence-electron chi connectivity index (χ3n) is 4.79. The number of anilines is 1. The van der Waals surface area contributed by atoms with E-state index >= 15 is 0 Å². The minimum Gasteiger partial charge on any atom is -0.493 e. The molecule has 2 amide bonds. The summed E-state index contributed by atoms with van der Waals surface area (Å²) in [6.45, 7) is 2.04. The molecule has 152 valence electrons. The Morgan fingerprint density at radius 1 is 1.14 bits per heavy atom. The van der Waals surface area contributed by atoms with Crippen LogP contribution < -0.4 is 20.2 Å². The number of fused-ring (bicyclic) bond motifs is 1. The normalized spacial score (nSPS) is 15.5. The van der Waals surface area contributed by atoms with Crippen molar-refractivity contribution in [1.82, 2.24) is 5.43 Å². The number of hydrogen-bond donors (Lipinski definition) is 2. The molecule has 1 unspecified atom stereocenters. The maximum absolute atomic E-state index is 12.8. The molecule has 3 rings (SSSR count). The number of nitrogens with zero attached hydrogens (tertiary/aromatic N) is 1. The molecule has 2 aromatic rings. The van der Waals surface area contributed by atoms with Crippen LogP contribution in [0.25, 0.3) is 0 Å². The molecule has 7 nitrogen and oxygen atoms in total. The van der Waals surface area contributed by atoms with Crippen molar-refractivity contribution in [3.8, 4) is 11.5 Å².